The van der Waals surface area contributed by atoms with E-state index in [-0.39, 0.29) is 5.54 Å². The summed E-state index contributed by atoms with van der Waals surface area (Å²) in [5, 5.41) is 5.66. The van der Waals surface area contributed by atoms with Crippen LogP contribution < -0.4 is 14.8 Å². The van der Waals surface area contributed by atoms with Gasteiger partial charge in [-0.15, -0.1) is 0 Å². The molecule has 2 aromatic rings. The Balaban J connectivity index is 2.10. The molecule has 4 nitrogen and oxygen atoms in total. The lowest BCUT2D eigenvalue weighted by Crippen LogP contribution is -2.30. The third-order valence-corrected chi connectivity index (χ3v) is 3.60. The van der Waals surface area contributed by atoms with E-state index in [1.54, 1.807) is 0 Å². The molecule has 1 aliphatic rings. The quantitative estimate of drug-likeness (QED) is 0.914. The number of pyridine rings is 1. The van der Waals surface area contributed by atoms with E-state index in [4.69, 9.17) is 9.47 Å². The Hall–Kier alpha value is -1.97. The fourth-order valence-corrected chi connectivity index (χ4v) is 2.07. The van der Waals surface area contributed by atoms with E-state index in [9.17, 15) is 0 Å². The van der Waals surface area contributed by atoms with Crippen LogP contribution >= 0.6 is 0 Å². The predicted molar refractivity (Wildman–Crippen MR) is 75.9 cm³/mol. The van der Waals surface area contributed by atoms with E-state index in [0.717, 1.165) is 34.5 Å². The molecule has 1 aliphatic heterocycles. The van der Waals surface area contributed by atoms with Crippen molar-refractivity contribution in [2.24, 2.45) is 0 Å². The van der Waals surface area contributed by atoms with Crippen molar-refractivity contribution in [2.75, 3.05) is 12.1 Å². The predicted octanol–water partition coefficient (Wildman–Crippen LogP) is 3.56. The number of fused-ring (bicyclic) bond motifs is 2. The van der Waals surface area contributed by atoms with Crippen molar-refractivity contribution in [1.82, 2.24) is 4.98 Å². The summed E-state index contributed by atoms with van der Waals surface area (Å²) in [5.41, 5.74) is 0.0116. The lowest BCUT2D eigenvalue weighted by atomic mass is 10.0. The molecule has 0 spiro atoms. The van der Waals surface area contributed by atoms with Crippen molar-refractivity contribution >= 4 is 16.6 Å². The van der Waals surface area contributed by atoms with Crippen molar-refractivity contribution in [3.8, 4) is 11.5 Å². The molecule has 1 N–H and O–H groups in total. The molecule has 100 valence electrons. The van der Waals surface area contributed by atoms with Crippen molar-refractivity contribution in [2.45, 2.75) is 32.7 Å². The van der Waals surface area contributed by atoms with Gasteiger partial charge in [0.15, 0.2) is 11.5 Å². The molecule has 3 rings (SSSR count). The second-order valence-electron chi connectivity index (χ2n) is 5.45. The molecule has 19 heavy (non-hydrogen) atoms. The summed E-state index contributed by atoms with van der Waals surface area (Å²) in [7, 11) is 0. The van der Waals surface area contributed by atoms with Crippen molar-refractivity contribution < 1.29 is 9.47 Å². The second-order valence-corrected chi connectivity index (χ2v) is 5.45. The number of hydrogen-bond acceptors (Lipinski definition) is 4. The molecular formula is C15H18N2O2. The van der Waals surface area contributed by atoms with Gasteiger partial charge in [-0.2, -0.15) is 0 Å². The number of nitrogens with zero attached hydrogens (tertiary/aromatic N) is 1. The smallest absolute Gasteiger partial charge is 0.231 e. The second kappa shape index (κ2) is 4.30. The highest BCUT2D eigenvalue weighted by molar-refractivity contribution is 5.94. The van der Waals surface area contributed by atoms with Gasteiger partial charge in [0.2, 0.25) is 6.79 Å². The first kappa shape index (κ1) is 12.1. The average Bonchev–Trinajstić information content (AvgIpc) is 2.83. The zero-order valence-electron chi connectivity index (χ0n) is 11.5. The molecule has 4 heteroatoms. The summed E-state index contributed by atoms with van der Waals surface area (Å²) in [6.07, 6.45) is 2.84. The molecular weight excluding hydrogens is 240 g/mol. The van der Waals surface area contributed by atoms with Crippen LogP contribution in [-0.2, 0) is 0 Å². The topological polar surface area (TPSA) is 43.4 Å². The van der Waals surface area contributed by atoms with Crippen LogP contribution in [0.3, 0.4) is 0 Å². The molecule has 2 heterocycles. The fraction of sp³-hybridized carbons (Fsp3) is 0.400. The number of aromatic nitrogens is 1. The number of hydrogen-bond donors (Lipinski definition) is 1. The minimum Gasteiger partial charge on any atom is -0.454 e. The van der Waals surface area contributed by atoms with Crippen LogP contribution in [0.5, 0.6) is 11.5 Å². The number of rotatable bonds is 3. The largest absolute Gasteiger partial charge is 0.454 e. The normalized spacial score (nSPS) is 13.8. The Morgan fingerprint density at radius 2 is 2.00 bits per heavy atom. The highest BCUT2D eigenvalue weighted by Crippen LogP contribution is 2.38. The van der Waals surface area contributed by atoms with Gasteiger partial charge in [-0.05, 0) is 43.9 Å². The van der Waals surface area contributed by atoms with Gasteiger partial charge in [-0.1, -0.05) is 6.92 Å². The van der Waals surface area contributed by atoms with Gasteiger partial charge < -0.3 is 14.8 Å². The third kappa shape index (κ3) is 2.18. The number of benzene rings is 1. The summed E-state index contributed by atoms with van der Waals surface area (Å²) in [4.78, 5) is 4.46. The fourth-order valence-electron chi connectivity index (χ4n) is 2.07. The molecule has 0 amide bonds. The highest BCUT2D eigenvalue weighted by atomic mass is 16.7. The molecule has 0 aliphatic carbocycles. The summed E-state index contributed by atoms with van der Waals surface area (Å²) < 4.78 is 10.8. The summed E-state index contributed by atoms with van der Waals surface area (Å²) in [6, 6.07) is 5.99. The minimum atomic E-state index is 0.0116. The van der Waals surface area contributed by atoms with E-state index in [1.807, 2.05) is 24.4 Å². The average molecular weight is 258 g/mol. The molecule has 0 saturated heterocycles. The minimum absolute atomic E-state index is 0.0116. The van der Waals surface area contributed by atoms with Gasteiger partial charge in [-0.3, -0.25) is 0 Å². The first-order chi connectivity index (χ1) is 9.09. The van der Waals surface area contributed by atoms with Crippen LogP contribution in [0.2, 0.25) is 0 Å². The van der Waals surface area contributed by atoms with Crippen LogP contribution in [0.25, 0.3) is 10.8 Å². The first-order valence-electron chi connectivity index (χ1n) is 6.55. The standard InChI is InChI=1S/C15H18N2O2/c1-4-15(2,3)17-14-11-8-13-12(18-9-19-13)7-10(11)5-6-16-14/h5-8H,4,9H2,1-3H3,(H,16,17). The van der Waals surface area contributed by atoms with Gasteiger partial charge in [0, 0.05) is 17.1 Å². The zero-order valence-corrected chi connectivity index (χ0v) is 11.5. The Bertz CT molecular complexity index is 623. The summed E-state index contributed by atoms with van der Waals surface area (Å²) in [6.45, 7) is 6.79. The van der Waals surface area contributed by atoms with Gasteiger partial charge in [0.05, 0.1) is 0 Å². The summed E-state index contributed by atoms with van der Waals surface area (Å²) in [5.74, 6) is 2.49. The Kier molecular flexibility index (Phi) is 2.73. The molecule has 0 bridgehead atoms. The Morgan fingerprint density at radius 3 is 2.74 bits per heavy atom. The van der Waals surface area contributed by atoms with Crippen LogP contribution in [-0.4, -0.2) is 17.3 Å². The van der Waals surface area contributed by atoms with Crippen LogP contribution in [0.15, 0.2) is 24.4 Å². The van der Waals surface area contributed by atoms with E-state index < -0.39 is 0 Å². The molecule has 0 fully saturated rings. The lowest BCUT2D eigenvalue weighted by molar-refractivity contribution is 0.174. The Labute approximate surface area is 112 Å². The summed E-state index contributed by atoms with van der Waals surface area (Å²) >= 11 is 0. The molecule has 0 unspecified atom stereocenters. The van der Waals surface area contributed by atoms with E-state index in [0.29, 0.717) is 6.79 Å². The van der Waals surface area contributed by atoms with Crippen LogP contribution in [0.4, 0.5) is 5.82 Å². The van der Waals surface area contributed by atoms with Crippen molar-refractivity contribution in [1.29, 1.82) is 0 Å². The number of anilines is 1. The van der Waals surface area contributed by atoms with Gasteiger partial charge >= 0.3 is 0 Å². The van der Waals surface area contributed by atoms with Crippen molar-refractivity contribution in [3.63, 3.8) is 0 Å². The number of nitrogens with one attached hydrogen (secondary N) is 1. The maximum absolute atomic E-state index is 5.44. The maximum Gasteiger partial charge on any atom is 0.231 e. The maximum atomic E-state index is 5.44. The Morgan fingerprint density at radius 1 is 1.26 bits per heavy atom. The van der Waals surface area contributed by atoms with Gasteiger partial charge in [0.25, 0.3) is 0 Å². The molecule has 0 radical (unpaired) electrons. The van der Waals surface area contributed by atoms with E-state index in [2.05, 4.69) is 31.1 Å². The van der Waals surface area contributed by atoms with E-state index in [1.165, 1.54) is 0 Å². The van der Waals surface area contributed by atoms with Crippen LogP contribution in [0, 0.1) is 0 Å². The number of ether oxygens (including phenoxy) is 2. The molecule has 1 aromatic heterocycles. The van der Waals surface area contributed by atoms with Crippen molar-refractivity contribution in [3.05, 3.63) is 24.4 Å². The monoisotopic (exact) mass is 258 g/mol. The van der Waals surface area contributed by atoms with Gasteiger partial charge in [-0.25, -0.2) is 4.98 Å². The van der Waals surface area contributed by atoms with E-state index >= 15 is 0 Å². The first-order valence-corrected chi connectivity index (χ1v) is 6.55. The molecule has 1 aromatic carbocycles. The zero-order chi connectivity index (χ0) is 13.5. The molecule has 0 atom stereocenters. The third-order valence-electron chi connectivity index (χ3n) is 3.60. The lowest BCUT2D eigenvalue weighted by Gasteiger charge is -2.26. The van der Waals surface area contributed by atoms with Gasteiger partial charge in [0.1, 0.15) is 5.82 Å². The molecule has 0 saturated carbocycles. The SMILES string of the molecule is CCC(C)(C)Nc1nccc2cc3c(cc12)OCO3. The van der Waals surface area contributed by atoms with Crippen LogP contribution in [0.1, 0.15) is 27.2 Å². The highest BCUT2D eigenvalue weighted by Gasteiger charge is 2.19.